The fourth-order valence-electron chi connectivity index (χ4n) is 3.21. The van der Waals surface area contributed by atoms with Crippen molar-refractivity contribution in [2.24, 2.45) is 0 Å². The van der Waals surface area contributed by atoms with Crippen LogP contribution in [0.25, 0.3) is 0 Å². The molecule has 1 aliphatic heterocycles. The number of amides is 2. The van der Waals surface area contributed by atoms with Crippen molar-refractivity contribution in [3.05, 3.63) is 40.3 Å². The van der Waals surface area contributed by atoms with Crippen molar-refractivity contribution in [1.82, 2.24) is 9.21 Å². The number of thiophene rings is 1. The number of hydrogen-bond donors (Lipinski definition) is 1. The zero-order valence-electron chi connectivity index (χ0n) is 17.0. The van der Waals surface area contributed by atoms with Gasteiger partial charge in [0.1, 0.15) is 0 Å². The minimum atomic E-state index is -3.76. The fraction of sp³-hybridized carbons (Fsp3) is 0.368. The molecule has 0 fully saturated rings. The zero-order chi connectivity index (χ0) is 22.2. The van der Waals surface area contributed by atoms with Gasteiger partial charge in [0.15, 0.2) is 11.5 Å². The van der Waals surface area contributed by atoms with Gasteiger partial charge in [0, 0.05) is 19.5 Å². The van der Waals surface area contributed by atoms with E-state index < -0.39 is 33.6 Å². The smallest absolute Gasteiger partial charge is 0.265 e. The fourth-order valence-corrected chi connectivity index (χ4v) is 5.03. The van der Waals surface area contributed by atoms with Crippen LogP contribution in [0.5, 0.6) is 11.5 Å². The predicted octanol–water partition coefficient (Wildman–Crippen LogP) is 1.97. The summed E-state index contributed by atoms with van der Waals surface area (Å²) in [4.78, 5) is 27.0. The summed E-state index contributed by atoms with van der Waals surface area (Å²) in [5.41, 5.74) is 6.62. The molecule has 2 N–H and O–H groups in total. The average Bonchev–Trinajstić information content (AvgIpc) is 3.19. The standard InChI is InChI=1S/C19H23N3O6S2/c1-5-28-15-8-11(6-7-14(15)27-4)13(10-30(25,26)21(2)3)22-18(23)12-9-29-17(20)16(12)19(22)24/h6-9,13H,5,10,20H2,1-4H3. The summed E-state index contributed by atoms with van der Waals surface area (Å²) >= 11 is 1.10. The molecule has 0 saturated carbocycles. The number of sulfonamides is 1. The van der Waals surface area contributed by atoms with Crippen LogP contribution in [0, 0.1) is 0 Å². The van der Waals surface area contributed by atoms with Crippen LogP contribution in [0.3, 0.4) is 0 Å². The van der Waals surface area contributed by atoms with E-state index in [1.165, 1.54) is 26.6 Å². The molecule has 0 saturated heterocycles. The Morgan fingerprint density at radius 3 is 2.47 bits per heavy atom. The molecular weight excluding hydrogens is 430 g/mol. The lowest BCUT2D eigenvalue weighted by Crippen LogP contribution is -2.40. The van der Waals surface area contributed by atoms with Gasteiger partial charge in [-0.2, -0.15) is 0 Å². The largest absolute Gasteiger partial charge is 0.493 e. The lowest BCUT2D eigenvalue weighted by atomic mass is 10.1. The lowest BCUT2D eigenvalue weighted by molar-refractivity contribution is 0.0597. The maximum absolute atomic E-state index is 13.1. The maximum Gasteiger partial charge on any atom is 0.265 e. The summed E-state index contributed by atoms with van der Waals surface area (Å²) in [6.07, 6.45) is 0. The molecule has 3 rings (SSSR count). The molecule has 1 aromatic carbocycles. The van der Waals surface area contributed by atoms with E-state index in [0.717, 1.165) is 20.5 Å². The molecule has 1 aromatic heterocycles. The van der Waals surface area contributed by atoms with Crippen LogP contribution in [0.4, 0.5) is 5.00 Å². The summed E-state index contributed by atoms with van der Waals surface area (Å²) in [5, 5.41) is 1.74. The second-order valence-electron chi connectivity index (χ2n) is 6.79. The molecule has 0 bridgehead atoms. The van der Waals surface area contributed by atoms with Gasteiger partial charge < -0.3 is 15.2 Å². The molecule has 0 radical (unpaired) electrons. The van der Waals surface area contributed by atoms with Crippen molar-refractivity contribution >= 4 is 38.2 Å². The van der Waals surface area contributed by atoms with Gasteiger partial charge in [0.2, 0.25) is 10.0 Å². The molecule has 2 amide bonds. The van der Waals surface area contributed by atoms with Crippen molar-refractivity contribution < 1.29 is 27.5 Å². The Kier molecular flexibility index (Phi) is 6.06. The Morgan fingerprint density at radius 1 is 1.20 bits per heavy atom. The molecule has 11 heteroatoms. The molecule has 30 heavy (non-hydrogen) atoms. The number of benzene rings is 1. The van der Waals surface area contributed by atoms with E-state index >= 15 is 0 Å². The molecule has 9 nitrogen and oxygen atoms in total. The third kappa shape index (κ3) is 3.75. The van der Waals surface area contributed by atoms with Crippen LogP contribution in [0.15, 0.2) is 23.6 Å². The highest BCUT2D eigenvalue weighted by molar-refractivity contribution is 7.89. The Balaban J connectivity index is 2.12. The van der Waals surface area contributed by atoms with E-state index in [9.17, 15) is 18.0 Å². The van der Waals surface area contributed by atoms with Gasteiger partial charge in [-0.3, -0.25) is 14.5 Å². The maximum atomic E-state index is 13.1. The number of nitrogens with zero attached hydrogens (tertiary/aromatic N) is 2. The highest BCUT2D eigenvalue weighted by Gasteiger charge is 2.44. The molecule has 2 aromatic rings. The number of methoxy groups -OCH3 is 1. The first-order valence-corrected chi connectivity index (χ1v) is 11.6. The number of ether oxygens (including phenoxy) is 2. The number of carbonyl (C=O) groups is 2. The van der Waals surface area contributed by atoms with E-state index in [2.05, 4.69) is 0 Å². The predicted molar refractivity (Wildman–Crippen MR) is 114 cm³/mol. The van der Waals surface area contributed by atoms with E-state index in [0.29, 0.717) is 23.7 Å². The number of imide groups is 1. The van der Waals surface area contributed by atoms with E-state index in [4.69, 9.17) is 15.2 Å². The molecular formula is C19H23N3O6S2. The summed E-state index contributed by atoms with van der Waals surface area (Å²) in [7, 11) is 0.515. The number of nitrogen functional groups attached to an aromatic ring is 1. The Hall–Kier alpha value is -2.63. The molecule has 1 unspecified atom stereocenters. The van der Waals surface area contributed by atoms with Crippen molar-refractivity contribution in [2.75, 3.05) is 39.3 Å². The third-order valence-electron chi connectivity index (χ3n) is 4.81. The second kappa shape index (κ2) is 8.25. The summed E-state index contributed by atoms with van der Waals surface area (Å²) in [6.45, 7) is 2.16. The quantitative estimate of drug-likeness (QED) is 0.607. The number of carbonyl (C=O) groups excluding carboxylic acids is 2. The average molecular weight is 454 g/mol. The summed E-state index contributed by atoms with van der Waals surface area (Å²) < 4.78 is 37.3. The van der Waals surface area contributed by atoms with Crippen LogP contribution < -0.4 is 15.2 Å². The molecule has 0 spiro atoms. The highest BCUT2D eigenvalue weighted by atomic mass is 32.2. The molecule has 1 aliphatic rings. The van der Waals surface area contributed by atoms with E-state index in [-0.39, 0.29) is 16.1 Å². The van der Waals surface area contributed by atoms with Crippen molar-refractivity contribution in [1.29, 1.82) is 0 Å². The van der Waals surface area contributed by atoms with Gasteiger partial charge in [-0.15, -0.1) is 11.3 Å². The van der Waals surface area contributed by atoms with Gasteiger partial charge >= 0.3 is 0 Å². The van der Waals surface area contributed by atoms with Crippen molar-refractivity contribution in [2.45, 2.75) is 13.0 Å². The second-order valence-corrected chi connectivity index (χ2v) is 9.93. The molecule has 1 atom stereocenters. The number of nitrogens with two attached hydrogens (primary N) is 1. The Morgan fingerprint density at radius 2 is 1.90 bits per heavy atom. The first-order chi connectivity index (χ1) is 14.1. The highest BCUT2D eigenvalue weighted by Crippen LogP contribution is 2.40. The van der Waals surface area contributed by atoms with Gasteiger partial charge in [-0.25, -0.2) is 12.7 Å². The first kappa shape index (κ1) is 22.1. The summed E-state index contributed by atoms with van der Waals surface area (Å²) in [6, 6.07) is 3.75. The topological polar surface area (TPSA) is 119 Å². The lowest BCUT2D eigenvalue weighted by Gasteiger charge is -2.28. The van der Waals surface area contributed by atoms with Crippen molar-refractivity contribution in [3.8, 4) is 11.5 Å². The SMILES string of the molecule is CCOc1cc(C(CS(=O)(=O)N(C)C)N2C(=O)c3csc(N)c3C2=O)ccc1OC. The molecule has 162 valence electrons. The monoisotopic (exact) mass is 453 g/mol. The van der Waals surface area contributed by atoms with Crippen LogP contribution in [0.2, 0.25) is 0 Å². The molecule has 2 heterocycles. The minimum absolute atomic E-state index is 0.121. The number of hydrogen-bond acceptors (Lipinski definition) is 8. The first-order valence-electron chi connectivity index (χ1n) is 9.08. The van der Waals surface area contributed by atoms with Crippen LogP contribution >= 0.6 is 11.3 Å². The van der Waals surface area contributed by atoms with Gasteiger partial charge in [0.25, 0.3) is 11.8 Å². The van der Waals surface area contributed by atoms with Gasteiger partial charge in [-0.05, 0) is 24.6 Å². The number of fused-ring (bicyclic) bond motifs is 1. The zero-order valence-corrected chi connectivity index (χ0v) is 18.7. The normalized spacial score (nSPS) is 14.9. The number of rotatable bonds is 8. The van der Waals surface area contributed by atoms with Crippen LogP contribution in [-0.2, 0) is 10.0 Å². The number of anilines is 1. The Bertz CT molecular complexity index is 1090. The van der Waals surface area contributed by atoms with Gasteiger partial charge in [0.05, 0.1) is 41.6 Å². The Labute approximate surface area is 179 Å². The molecule has 0 aliphatic carbocycles. The van der Waals surface area contributed by atoms with Gasteiger partial charge in [-0.1, -0.05) is 6.07 Å². The van der Waals surface area contributed by atoms with Crippen LogP contribution in [-0.4, -0.2) is 63.0 Å². The minimum Gasteiger partial charge on any atom is -0.493 e. The van der Waals surface area contributed by atoms with Crippen molar-refractivity contribution in [3.63, 3.8) is 0 Å². The van der Waals surface area contributed by atoms with Crippen LogP contribution in [0.1, 0.15) is 39.2 Å². The third-order valence-corrected chi connectivity index (χ3v) is 7.47. The van der Waals surface area contributed by atoms with E-state index in [1.54, 1.807) is 25.1 Å². The van der Waals surface area contributed by atoms with E-state index in [1.807, 2.05) is 0 Å². The summed E-state index contributed by atoms with van der Waals surface area (Å²) in [5.74, 6) is -0.824.